The second kappa shape index (κ2) is 7.43. The Balaban J connectivity index is 2.07. The molecule has 2 aromatic rings. The topological polar surface area (TPSA) is 43.4 Å². The van der Waals surface area contributed by atoms with E-state index in [9.17, 15) is 0 Å². The summed E-state index contributed by atoms with van der Waals surface area (Å²) in [6, 6.07) is 7.62. The van der Waals surface area contributed by atoms with Gasteiger partial charge in [-0.25, -0.2) is 4.98 Å². The normalized spacial score (nSPS) is 10.9. The Morgan fingerprint density at radius 1 is 1.29 bits per heavy atom. The van der Waals surface area contributed by atoms with Crippen molar-refractivity contribution in [3.8, 4) is 11.5 Å². The fourth-order valence-corrected chi connectivity index (χ4v) is 3.20. The van der Waals surface area contributed by atoms with Gasteiger partial charge >= 0.3 is 0 Å². The van der Waals surface area contributed by atoms with Crippen LogP contribution in [0.15, 0.2) is 24.3 Å². The molecular formula is C16H22N2O2S. The zero-order valence-electron chi connectivity index (χ0n) is 13.0. The van der Waals surface area contributed by atoms with Crippen LogP contribution in [0.3, 0.4) is 0 Å². The van der Waals surface area contributed by atoms with Gasteiger partial charge in [-0.1, -0.05) is 19.9 Å². The van der Waals surface area contributed by atoms with E-state index >= 15 is 0 Å². The predicted molar refractivity (Wildman–Crippen MR) is 86.3 cm³/mol. The number of ether oxygens (including phenoxy) is 2. The lowest BCUT2D eigenvalue weighted by Crippen LogP contribution is -2.06. The van der Waals surface area contributed by atoms with Crippen molar-refractivity contribution in [3.63, 3.8) is 0 Å². The Bertz CT molecular complexity index is 581. The number of rotatable bonds is 7. The molecule has 0 aliphatic carbocycles. The van der Waals surface area contributed by atoms with Crippen molar-refractivity contribution in [2.75, 3.05) is 14.2 Å². The maximum Gasteiger partial charge on any atom is 0.140 e. The van der Waals surface area contributed by atoms with Crippen LogP contribution in [0.4, 0.5) is 0 Å². The summed E-state index contributed by atoms with van der Waals surface area (Å²) >= 11 is 1.71. The SMILES string of the molecule is CNCc1sc(COc2cccc(OC)c2)nc1C(C)C. The minimum atomic E-state index is 0.426. The van der Waals surface area contributed by atoms with Crippen LogP contribution >= 0.6 is 11.3 Å². The van der Waals surface area contributed by atoms with Gasteiger partial charge in [0.15, 0.2) is 0 Å². The average Bonchev–Trinajstić information content (AvgIpc) is 2.89. The van der Waals surface area contributed by atoms with Gasteiger partial charge in [-0.15, -0.1) is 11.3 Å². The number of nitrogens with one attached hydrogen (secondary N) is 1. The smallest absolute Gasteiger partial charge is 0.140 e. The second-order valence-corrected chi connectivity index (χ2v) is 6.24. The van der Waals surface area contributed by atoms with Gasteiger partial charge in [0.05, 0.1) is 12.8 Å². The van der Waals surface area contributed by atoms with Crippen LogP contribution in [0.25, 0.3) is 0 Å². The Morgan fingerprint density at radius 2 is 2.05 bits per heavy atom. The van der Waals surface area contributed by atoms with Gasteiger partial charge in [0.1, 0.15) is 23.1 Å². The fraction of sp³-hybridized carbons (Fsp3) is 0.438. The molecule has 0 saturated heterocycles. The van der Waals surface area contributed by atoms with E-state index in [-0.39, 0.29) is 0 Å². The quantitative estimate of drug-likeness (QED) is 0.849. The number of hydrogen-bond acceptors (Lipinski definition) is 5. The van der Waals surface area contributed by atoms with E-state index in [0.717, 1.165) is 23.1 Å². The van der Waals surface area contributed by atoms with E-state index in [2.05, 4.69) is 19.2 Å². The number of nitrogens with zero attached hydrogens (tertiary/aromatic N) is 1. The maximum absolute atomic E-state index is 5.81. The zero-order chi connectivity index (χ0) is 15.2. The van der Waals surface area contributed by atoms with E-state index in [0.29, 0.717) is 12.5 Å². The van der Waals surface area contributed by atoms with E-state index in [4.69, 9.17) is 14.5 Å². The largest absolute Gasteiger partial charge is 0.497 e. The van der Waals surface area contributed by atoms with Crippen molar-refractivity contribution in [1.82, 2.24) is 10.3 Å². The van der Waals surface area contributed by atoms with Crippen LogP contribution in [-0.4, -0.2) is 19.1 Å². The number of benzene rings is 1. The molecule has 1 N–H and O–H groups in total. The highest BCUT2D eigenvalue weighted by Crippen LogP contribution is 2.26. The van der Waals surface area contributed by atoms with Gasteiger partial charge in [0.2, 0.25) is 0 Å². The molecule has 0 unspecified atom stereocenters. The van der Waals surface area contributed by atoms with Crippen molar-refractivity contribution >= 4 is 11.3 Å². The highest BCUT2D eigenvalue weighted by atomic mass is 32.1. The Hall–Kier alpha value is -1.59. The van der Waals surface area contributed by atoms with Crippen molar-refractivity contribution < 1.29 is 9.47 Å². The third kappa shape index (κ3) is 4.19. The van der Waals surface area contributed by atoms with Crippen LogP contribution < -0.4 is 14.8 Å². The van der Waals surface area contributed by atoms with Crippen LogP contribution in [-0.2, 0) is 13.2 Å². The molecule has 114 valence electrons. The van der Waals surface area contributed by atoms with E-state index in [1.165, 1.54) is 10.6 Å². The molecule has 0 spiro atoms. The Morgan fingerprint density at radius 3 is 2.71 bits per heavy atom. The first-order valence-electron chi connectivity index (χ1n) is 7.04. The number of hydrogen-bond donors (Lipinski definition) is 1. The summed E-state index contributed by atoms with van der Waals surface area (Å²) in [7, 11) is 3.61. The number of aromatic nitrogens is 1. The molecule has 0 aliphatic rings. The summed E-state index contributed by atoms with van der Waals surface area (Å²) in [6.45, 7) is 5.67. The molecule has 0 aliphatic heterocycles. The average molecular weight is 306 g/mol. The van der Waals surface area contributed by atoms with Gasteiger partial charge in [-0.05, 0) is 25.1 Å². The highest BCUT2D eigenvalue weighted by Gasteiger charge is 2.14. The van der Waals surface area contributed by atoms with Crippen LogP contribution in [0.2, 0.25) is 0 Å². The molecule has 0 fully saturated rings. The van der Waals surface area contributed by atoms with Gasteiger partial charge < -0.3 is 14.8 Å². The van der Waals surface area contributed by atoms with Crippen molar-refractivity contribution in [2.24, 2.45) is 0 Å². The minimum Gasteiger partial charge on any atom is -0.497 e. The molecule has 0 bridgehead atoms. The van der Waals surface area contributed by atoms with Crippen LogP contribution in [0, 0.1) is 0 Å². The van der Waals surface area contributed by atoms with Gasteiger partial charge in [-0.3, -0.25) is 0 Å². The maximum atomic E-state index is 5.81. The lowest BCUT2D eigenvalue weighted by Gasteiger charge is -2.05. The monoisotopic (exact) mass is 306 g/mol. The molecule has 4 nitrogen and oxygen atoms in total. The summed E-state index contributed by atoms with van der Waals surface area (Å²) in [5, 5.41) is 4.20. The number of thiazole rings is 1. The third-order valence-electron chi connectivity index (χ3n) is 3.06. The summed E-state index contributed by atoms with van der Waals surface area (Å²) in [6.07, 6.45) is 0. The lowest BCUT2D eigenvalue weighted by atomic mass is 10.1. The van der Waals surface area contributed by atoms with E-state index in [1.807, 2.05) is 31.3 Å². The zero-order valence-corrected chi connectivity index (χ0v) is 13.8. The molecule has 0 radical (unpaired) electrons. The first-order valence-corrected chi connectivity index (χ1v) is 7.85. The van der Waals surface area contributed by atoms with Gasteiger partial charge in [0, 0.05) is 17.5 Å². The lowest BCUT2D eigenvalue weighted by molar-refractivity contribution is 0.302. The van der Waals surface area contributed by atoms with Crippen LogP contribution in [0.1, 0.15) is 35.3 Å². The summed E-state index contributed by atoms with van der Waals surface area (Å²) in [5.74, 6) is 2.02. The second-order valence-electron chi connectivity index (χ2n) is 5.07. The standard InChI is InChI=1S/C16H22N2O2S/c1-11(2)16-14(9-17-3)21-15(18-16)10-20-13-7-5-6-12(8-13)19-4/h5-8,11,17H,9-10H2,1-4H3. The van der Waals surface area contributed by atoms with Crippen molar-refractivity contribution in [1.29, 1.82) is 0 Å². The Labute approximate surface area is 130 Å². The molecule has 0 saturated carbocycles. The molecule has 21 heavy (non-hydrogen) atoms. The molecule has 0 amide bonds. The third-order valence-corrected chi connectivity index (χ3v) is 4.10. The van der Waals surface area contributed by atoms with Gasteiger partial charge in [0.25, 0.3) is 0 Å². The summed E-state index contributed by atoms with van der Waals surface area (Å²) in [5.41, 5.74) is 1.17. The summed E-state index contributed by atoms with van der Waals surface area (Å²) < 4.78 is 11.0. The van der Waals surface area contributed by atoms with E-state index < -0.39 is 0 Å². The molecule has 5 heteroatoms. The molecule has 0 atom stereocenters. The summed E-state index contributed by atoms with van der Waals surface area (Å²) in [4.78, 5) is 6.00. The predicted octanol–water partition coefficient (Wildman–Crippen LogP) is 3.57. The first-order chi connectivity index (χ1) is 10.1. The number of methoxy groups -OCH3 is 1. The van der Waals surface area contributed by atoms with Crippen LogP contribution in [0.5, 0.6) is 11.5 Å². The highest BCUT2D eigenvalue weighted by molar-refractivity contribution is 7.11. The fourth-order valence-electron chi connectivity index (χ4n) is 2.05. The van der Waals surface area contributed by atoms with Crippen molar-refractivity contribution in [3.05, 3.63) is 39.8 Å². The Kier molecular flexibility index (Phi) is 5.59. The minimum absolute atomic E-state index is 0.426. The van der Waals surface area contributed by atoms with E-state index in [1.54, 1.807) is 18.4 Å². The molecule has 1 aromatic heterocycles. The van der Waals surface area contributed by atoms with Gasteiger partial charge in [-0.2, -0.15) is 0 Å². The molecule has 1 heterocycles. The first kappa shape index (κ1) is 15.8. The van der Waals surface area contributed by atoms with Crippen molar-refractivity contribution in [2.45, 2.75) is 32.9 Å². The molecule has 1 aromatic carbocycles. The molecular weight excluding hydrogens is 284 g/mol. The molecule has 2 rings (SSSR count).